The van der Waals surface area contributed by atoms with Crippen molar-refractivity contribution in [2.75, 3.05) is 10.6 Å². The zero-order valence-electron chi connectivity index (χ0n) is 16.3. The van der Waals surface area contributed by atoms with Crippen molar-refractivity contribution in [1.82, 2.24) is 0 Å². The van der Waals surface area contributed by atoms with Gasteiger partial charge in [0.2, 0.25) is 5.91 Å². The van der Waals surface area contributed by atoms with Crippen LogP contribution in [-0.4, -0.2) is 17.4 Å². The van der Waals surface area contributed by atoms with Crippen LogP contribution in [0.2, 0.25) is 0 Å². The highest BCUT2D eigenvalue weighted by atomic mass is 16.5. The fourth-order valence-electron chi connectivity index (χ4n) is 3.43. The number of anilines is 2. The van der Waals surface area contributed by atoms with E-state index in [0.717, 1.165) is 11.1 Å². The van der Waals surface area contributed by atoms with Gasteiger partial charge in [-0.2, -0.15) is 0 Å². The standard InChI is InChI=1S/C24H22N2O3/c1-24(2)23(28)26-21-18(14-9-15-19(21)29-24)25-22(27)20(16-10-5-3-6-11-16)17-12-7-4-8-13-17/h3-15,20H,1-2H3,(H,25,27)(H,26,28). The van der Waals surface area contributed by atoms with Crippen LogP contribution in [0.3, 0.4) is 0 Å². The second-order valence-electron chi connectivity index (χ2n) is 7.49. The second kappa shape index (κ2) is 7.43. The summed E-state index contributed by atoms with van der Waals surface area (Å²) in [5.41, 5.74) is 1.80. The number of carbonyl (C=O) groups is 2. The predicted molar refractivity (Wildman–Crippen MR) is 113 cm³/mol. The molecule has 5 heteroatoms. The molecule has 5 nitrogen and oxygen atoms in total. The Balaban J connectivity index is 1.69. The van der Waals surface area contributed by atoms with Gasteiger partial charge < -0.3 is 15.4 Å². The van der Waals surface area contributed by atoms with Gasteiger partial charge in [0.1, 0.15) is 11.4 Å². The molecule has 3 aromatic rings. The topological polar surface area (TPSA) is 67.4 Å². The molecule has 0 aliphatic carbocycles. The molecule has 0 bridgehead atoms. The Labute approximate surface area is 169 Å². The monoisotopic (exact) mass is 386 g/mol. The minimum absolute atomic E-state index is 0.185. The first-order valence-corrected chi connectivity index (χ1v) is 9.50. The maximum Gasteiger partial charge on any atom is 0.268 e. The van der Waals surface area contributed by atoms with Gasteiger partial charge in [-0.05, 0) is 37.1 Å². The molecule has 3 aromatic carbocycles. The number of carbonyl (C=O) groups excluding carboxylic acids is 2. The van der Waals surface area contributed by atoms with Gasteiger partial charge in [-0.3, -0.25) is 9.59 Å². The minimum Gasteiger partial charge on any atom is -0.476 e. The fraction of sp³-hybridized carbons (Fsp3) is 0.167. The van der Waals surface area contributed by atoms with Crippen molar-refractivity contribution in [2.45, 2.75) is 25.4 Å². The highest BCUT2D eigenvalue weighted by molar-refractivity contribution is 6.07. The van der Waals surface area contributed by atoms with Gasteiger partial charge in [-0.15, -0.1) is 0 Å². The predicted octanol–water partition coefficient (Wildman–Crippen LogP) is 4.57. The number of hydrogen-bond acceptors (Lipinski definition) is 3. The molecule has 4 rings (SSSR count). The molecule has 0 spiro atoms. The first kappa shape index (κ1) is 18.7. The minimum atomic E-state index is -0.966. The van der Waals surface area contributed by atoms with Crippen LogP contribution >= 0.6 is 0 Å². The van der Waals surface area contributed by atoms with Crippen LogP contribution in [0.5, 0.6) is 5.75 Å². The third-order valence-corrected chi connectivity index (χ3v) is 4.96. The third kappa shape index (κ3) is 3.72. The van der Waals surface area contributed by atoms with Gasteiger partial charge in [0, 0.05) is 0 Å². The molecule has 0 fully saturated rings. The van der Waals surface area contributed by atoms with Crippen molar-refractivity contribution < 1.29 is 14.3 Å². The van der Waals surface area contributed by atoms with Gasteiger partial charge in [0.15, 0.2) is 5.60 Å². The highest BCUT2D eigenvalue weighted by Gasteiger charge is 2.36. The molecule has 1 heterocycles. The molecule has 0 aromatic heterocycles. The summed E-state index contributed by atoms with van der Waals surface area (Å²) in [5.74, 6) is -0.391. The number of fused-ring (bicyclic) bond motifs is 1. The van der Waals surface area contributed by atoms with E-state index >= 15 is 0 Å². The van der Waals surface area contributed by atoms with E-state index in [4.69, 9.17) is 4.74 Å². The summed E-state index contributed by atoms with van der Waals surface area (Å²) in [4.78, 5) is 25.7. The summed E-state index contributed by atoms with van der Waals surface area (Å²) in [6.07, 6.45) is 0. The Morgan fingerprint density at radius 3 is 2.07 bits per heavy atom. The SMILES string of the molecule is CC1(C)Oc2cccc(NC(=O)C(c3ccccc3)c3ccccc3)c2NC1=O. The van der Waals surface area contributed by atoms with Crippen molar-refractivity contribution in [1.29, 1.82) is 0 Å². The maximum absolute atomic E-state index is 13.3. The Kier molecular flexibility index (Phi) is 4.80. The lowest BCUT2D eigenvalue weighted by Crippen LogP contribution is -2.45. The molecule has 29 heavy (non-hydrogen) atoms. The van der Waals surface area contributed by atoms with Gasteiger partial charge in [0.25, 0.3) is 5.91 Å². The van der Waals surface area contributed by atoms with Crippen molar-refractivity contribution in [3.63, 3.8) is 0 Å². The highest BCUT2D eigenvalue weighted by Crippen LogP contribution is 2.39. The fourth-order valence-corrected chi connectivity index (χ4v) is 3.43. The number of benzene rings is 3. The molecule has 0 saturated carbocycles. The molecule has 0 saturated heterocycles. The van der Waals surface area contributed by atoms with Crippen molar-refractivity contribution in [3.8, 4) is 5.75 Å². The normalized spacial score (nSPS) is 14.5. The number of ether oxygens (including phenoxy) is 1. The molecular weight excluding hydrogens is 364 g/mol. The van der Waals surface area contributed by atoms with Crippen LogP contribution < -0.4 is 15.4 Å². The lowest BCUT2D eigenvalue weighted by Gasteiger charge is -2.32. The maximum atomic E-state index is 13.3. The van der Waals surface area contributed by atoms with Crippen molar-refractivity contribution in [2.24, 2.45) is 0 Å². The molecule has 146 valence electrons. The number of para-hydroxylation sites is 1. The summed E-state index contributed by atoms with van der Waals surface area (Å²) < 4.78 is 5.82. The third-order valence-electron chi connectivity index (χ3n) is 4.96. The number of amides is 2. The summed E-state index contributed by atoms with van der Waals surface area (Å²) in [6.45, 7) is 3.41. The molecule has 0 atom stereocenters. The van der Waals surface area contributed by atoms with E-state index in [1.165, 1.54) is 0 Å². The van der Waals surface area contributed by atoms with Gasteiger partial charge >= 0.3 is 0 Å². The van der Waals surface area contributed by atoms with Crippen LogP contribution in [0, 0.1) is 0 Å². The van der Waals surface area contributed by atoms with E-state index in [-0.39, 0.29) is 11.8 Å². The van der Waals surface area contributed by atoms with E-state index in [1.807, 2.05) is 60.7 Å². The average molecular weight is 386 g/mol. The smallest absolute Gasteiger partial charge is 0.268 e. The largest absolute Gasteiger partial charge is 0.476 e. The number of rotatable bonds is 4. The van der Waals surface area contributed by atoms with E-state index in [9.17, 15) is 9.59 Å². The zero-order chi connectivity index (χ0) is 20.4. The van der Waals surface area contributed by atoms with Gasteiger partial charge in [-0.1, -0.05) is 66.7 Å². The van der Waals surface area contributed by atoms with Crippen LogP contribution in [0.25, 0.3) is 0 Å². The average Bonchev–Trinajstić information content (AvgIpc) is 2.71. The number of nitrogens with one attached hydrogen (secondary N) is 2. The molecule has 2 N–H and O–H groups in total. The van der Waals surface area contributed by atoms with E-state index in [1.54, 1.807) is 32.0 Å². The molecule has 0 radical (unpaired) electrons. The lowest BCUT2D eigenvalue weighted by atomic mass is 9.90. The van der Waals surface area contributed by atoms with Crippen LogP contribution in [-0.2, 0) is 9.59 Å². The Bertz CT molecular complexity index is 1010. The van der Waals surface area contributed by atoms with Crippen molar-refractivity contribution in [3.05, 3.63) is 90.0 Å². The Morgan fingerprint density at radius 1 is 0.897 bits per heavy atom. The van der Waals surface area contributed by atoms with Gasteiger partial charge in [0.05, 0.1) is 11.6 Å². The zero-order valence-corrected chi connectivity index (χ0v) is 16.3. The molecule has 1 aliphatic rings. The molecule has 0 unspecified atom stereocenters. The first-order valence-electron chi connectivity index (χ1n) is 9.50. The van der Waals surface area contributed by atoms with E-state index in [0.29, 0.717) is 17.1 Å². The van der Waals surface area contributed by atoms with Gasteiger partial charge in [-0.25, -0.2) is 0 Å². The van der Waals surface area contributed by atoms with Crippen LogP contribution in [0.1, 0.15) is 30.9 Å². The first-order chi connectivity index (χ1) is 14.0. The molecule has 2 amide bonds. The Morgan fingerprint density at radius 2 is 1.48 bits per heavy atom. The summed E-state index contributed by atoms with van der Waals surface area (Å²) >= 11 is 0. The van der Waals surface area contributed by atoms with Crippen LogP contribution in [0.15, 0.2) is 78.9 Å². The van der Waals surface area contributed by atoms with Crippen LogP contribution in [0.4, 0.5) is 11.4 Å². The second-order valence-corrected chi connectivity index (χ2v) is 7.49. The molecule has 1 aliphatic heterocycles. The molecular formula is C24H22N2O3. The van der Waals surface area contributed by atoms with Crippen molar-refractivity contribution >= 4 is 23.2 Å². The lowest BCUT2D eigenvalue weighted by molar-refractivity contribution is -0.129. The quantitative estimate of drug-likeness (QED) is 0.690. The number of hydrogen-bond donors (Lipinski definition) is 2. The Hall–Kier alpha value is -3.60. The summed E-state index contributed by atoms with van der Waals surface area (Å²) in [7, 11) is 0. The van der Waals surface area contributed by atoms with E-state index < -0.39 is 11.5 Å². The van der Waals surface area contributed by atoms with E-state index in [2.05, 4.69) is 10.6 Å². The summed E-state index contributed by atoms with van der Waals surface area (Å²) in [5, 5.41) is 5.85. The summed E-state index contributed by atoms with van der Waals surface area (Å²) in [6, 6.07) is 24.6.